The highest BCUT2D eigenvalue weighted by atomic mass is 32.2. The molecule has 1 fully saturated rings. The molecule has 1 amide bonds. The van der Waals surface area contributed by atoms with E-state index in [1.165, 1.54) is 28.2 Å². The summed E-state index contributed by atoms with van der Waals surface area (Å²) in [6.07, 6.45) is 5.36. The minimum absolute atomic E-state index is 0.0298. The van der Waals surface area contributed by atoms with E-state index in [0.29, 0.717) is 29.3 Å². The highest BCUT2D eigenvalue weighted by Gasteiger charge is 2.31. The predicted octanol–water partition coefficient (Wildman–Crippen LogP) is 2.30. The average Bonchev–Trinajstić information content (AvgIpc) is 3.48. The van der Waals surface area contributed by atoms with Crippen LogP contribution in [0, 0.1) is 0 Å². The van der Waals surface area contributed by atoms with Crippen molar-refractivity contribution < 1.29 is 17.9 Å². The number of ether oxygens (including phenoxy) is 1. The minimum atomic E-state index is -3.92. The van der Waals surface area contributed by atoms with Gasteiger partial charge >= 0.3 is 6.09 Å². The van der Waals surface area contributed by atoms with Gasteiger partial charge in [0.1, 0.15) is 11.5 Å². The van der Waals surface area contributed by atoms with Crippen molar-refractivity contribution in [3.8, 4) is 5.82 Å². The molecule has 32 heavy (non-hydrogen) atoms. The molecule has 4 aromatic rings. The van der Waals surface area contributed by atoms with Crippen LogP contribution in [0.1, 0.15) is 6.92 Å². The number of cyclic esters (lactones) is 1. The van der Waals surface area contributed by atoms with Crippen LogP contribution >= 0.6 is 0 Å². The Morgan fingerprint density at radius 2 is 2.03 bits per heavy atom. The van der Waals surface area contributed by atoms with Crippen LogP contribution in [0.15, 0.2) is 60.0 Å². The Balaban J connectivity index is 1.45. The van der Waals surface area contributed by atoms with E-state index >= 15 is 0 Å². The van der Waals surface area contributed by atoms with Crippen LogP contribution < -0.4 is 9.62 Å². The number of para-hydroxylation sites is 1. The van der Waals surface area contributed by atoms with Gasteiger partial charge in [0, 0.05) is 24.7 Å². The van der Waals surface area contributed by atoms with Gasteiger partial charge in [-0.3, -0.25) is 14.3 Å². The summed E-state index contributed by atoms with van der Waals surface area (Å²) in [6, 6.07) is 8.50. The molecule has 0 spiro atoms. The number of aromatic nitrogens is 5. The number of anilines is 2. The van der Waals surface area contributed by atoms with Crippen LogP contribution in [0.2, 0.25) is 0 Å². The van der Waals surface area contributed by atoms with E-state index in [1.807, 2.05) is 13.0 Å². The lowest BCUT2D eigenvalue weighted by Gasteiger charge is -2.18. The van der Waals surface area contributed by atoms with Gasteiger partial charge in [0.05, 0.1) is 41.5 Å². The van der Waals surface area contributed by atoms with Crippen molar-refractivity contribution in [3.63, 3.8) is 0 Å². The number of nitrogens with zero attached hydrogens (tertiary/aromatic N) is 6. The lowest BCUT2D eigenvalue weighted by atomic mass is 10.2. The normalized spacial score (nSPS) is 16.5. The van der Waals surface area contributed by atoms with Crippen molar-refractivity contribution in [2.24, 2.45) is 7.05 Å². The molecule has 1 saturated heterocycles. The second-order valence-electron chi connectivity index (χ2n) is 7.41. The largest absolute Gasteiger partial charge is 0.447 e. The molecule has 164 valence electrons. The van der Waals surface area contributed by atoms with E-state index in [0.717, 1.165) is 5.39 Å². The maximum atomic E-state index is 13.0. The number of pyridine rings is 1. The summed E-state index contributed by atoms with van der Waals surface area (Å²) < 4.78 is 36.6. The molecule has 1 atom stereocenters. The first-order valence-electron chi connectivity index (χ1n) is 9.74. The van der Waals surface area contributed by atoms with Crippen molar-refractivity contribution >= 4 is 38.4 Å². The SMILES string of the molecule is C[C@@H]1COC(=O)N1c1ccnc(-n2cc(S(=O)(=O)Nc3cccc4cnn(C)c34)cn2)c1. The molecular formula is C20H19N7O4S. The van der Waals surface area contributed by atoms with E-state index in [1.54, 1.807) is 42.2 Å². The third-order valence-corrected chi connectivity index (χ3v) is 6.52. The number of aryl methyl sites for hydroxylation is 1. The second kappa shape index (κ2) is 7.34. The van der Waals surface area contributed by atoms with Crippen LogP contribution in [0.3, 0.4) is 0 Å². The number of rotatable bonds is 5. The van der Waals surface area contributed by atoms with Gasteiger partial charge in [0.2, 0.25) is 0 Å². The standard InChI is InChI=1S/C20H19N7O4S/c1-13-12-31-20(28)27(13)15-6-7-21-18(8-15)26-11-16(10-23-26)32(29,30)24-17-5-3-4-14-9-22-25(2)19(14)17/h3-11,13,24H,12H2,1-2H3/t13-/m1/s1. The van der Waals surface area contributed by atoms with E-state index in [9.17, 15) is 13.2 Å². The number of hydrogen-bond donors (Lipinski definition) is 1. The molecular weight excluding hydrogens is 434 g/mol. The van der Waals surface area contributed by atoms with E-state index < -0.39 is 16.1 Å². The van der Waals surface area contributed by atoms with Crippen LogP contribution in [0.25, 0.3) is 16.7 Å². The molecule has 1 N–H and O–H groups in total. The molecule has 4 heterocycles. The molecule has 1 aromatic carbocycles. The Labute approximate surface area is 183 Å². The molecule has 0 bridgehead atoms. The minimum Gasteiger partial charge on any atom is -0.447 e. The van der Waals surface area contributed by atoms with Crippen LogP contribution in [0.5, 0.6) is 0 Å². The molecule has 3 aromatic heterocycles. The number of benzene rings is 1. The lowest BCUT2D eigenvalue weighted by molar-refractivity contribution is 0.179. The maximum Gasteiger partial charge on any atom is 0.414 e. The van der Waals surface area contributed by atoms with E-state index in [2.05, 4.69) is 19.9 Å². The third kappa shape index (κ3) is 3.34. The summed E-state index contributed by atoms with van der Waals surface area (Å²) in [7, 11) is -2.17. The molecule has 12 heteroatoms. The van der Waals surface area contributed by atoms with Gasteiger partial charge in [-0.15, -0.1) is 0 Å². The number of carbonyl (C=O) groups is 1. The van der Waals surface area contributed by atoms with E-state index in [4.69, 9.17) is 4.74 Å². The van der Waals surface area contributed by atoms with Crippen molar-refractivity contribution in [1.29, 1.82) is 0 Å². The molecule has 1 aliphatic rings. The number of nitrogens with one attached hydrogen (secondary N) is 1. The van der Waals surface area contributed by atoms with Gasteiger partial charge in [0.25, 0.3) is 10.0 Å². The first-order valence-corrected chi connectivity index (χ1v) is 11.2. The summed E-state index contributed by atoms with van der Waals surface area (Å²) in [5.74, 6) is 0.365. The monoisotopic (exact) mass is 453 g/mol. The molecule has 0 unspecified atom stereocenters. The summed E-state index contributed by atoms with van der Waals surface area (Å²) in [5, 5.41) is 9.15. The van der Waals surface area contributed by atoms with Gasteiger partial charge in [0.15, 0.2) is 5.82 Å². The highest BCUT2D eigenvalue weighted by Crippen LogP contribution is 2.26. The van der Waals surface area contributed by atoms with Crippen molar-refractivity contribution in [1.82, 2.24) is 24.5 Å². The molecule has 0 aliphatic carbocycles. The zero-order valence-corrected chi connectivity index (χ0v) is 18.0. The first kappa shape index (κ1) is 20.0. The number of carbonyl (C=O) groups excluding carboxylic acids is 1. The van der Waals surface area contributed by atoms with Crippen LogP contribution in [0.4, 0.5) is 16.2 Å². The van der Waals surface area contributed by atoms with Crippen LogP contribution in [-0.4, -0.2) is 51.7 Å². The van der Waals surface area contributed by atoms with Crippen molar-refractivity contribution in [3.05, 3.63) is 55.1 Å². The molecule has 1 aliphatic heterocycles. The van der Waals surface area contributed by atoms with Gasteiger partial charge in [-0.1, -0.05) is 12.1 Å². The summed E-state index contributed by atoms with van der Waals surface area (Å²) in [6.45, 7) is 2.17. The van der Waals surface area contributed by atoms with Crippen molar-refractivity contribution in [2.45, 2.75) is 17.9 Å². The summed E-state index contributed by atoms with van der Waals surface area (Å²) >= 11 is 0. The average molecular weight is 453 g/mol. The zero-order chi connectivity index (χ0) is 22.5. The number of amides is 1. The maximum absolute atomic E-state index is 13.0. The highest BCUT2D eigenvalue weighted by molar-refractivity contribution is 7.92. The zero-order valence-electron chi connectivity index (χ0n) is 17.2. The Morgan fingerprint density at radius 1 is 1.19 bits per heavy atom. The Morgan fingerprint density at radius 3 is 2.81 bits per heavy atom. The number of fused-ring (bicyclic) bond motifs is 1. The quantitative estimate of drug-likeness (QED) is 0.492. The topological polar surface area (TPSA) is 124 Å². The second-order valence-corrected chi connectivity index (χ2v) is 9.09. The molecule has 5 rings (SSSR count). The van der Waals surface area contributed by atoms with Gasteiger partial charge in [-0.2, -0.15) is 10.2 Å². The van der Waals surface area contributed by atoms with E-state index in [-0.39, 0.29) is 10.9 Å². The van der Waals surface area contributed by atoms with Gasteiger partial charge in [-0.05, 0) is 19.1 Å². The smallest absolute Gasteiger partial charge is 0.414 e. The molecule has 0 saturated carbocycles. The Bertz CT molecular complexity index is 1440. The Kier molecular flexibility index (Phi) is 4.59. The fourth-order valence-corrected chi connectivity index (χ4v) is 4.64. The predicted molar refractivity (Wildman–Crippen MR) is 116 cm³/mol. The fourth-order valence-electron chi connectivity index (χ4n) is 3.65. The number of hydrogen-bond acceptors (Lipinski definition) is 7. The number of sulfonamides is 1. The van der Waals surface area contributed by atoms with Crippen LogP contribution in [-0.2, 0) is 21.8 Å². The summed E-state index contributed by atoms with van der Waals surface area (Å²) in [4.78, 5) is 17.7. The van der Waals surface area contributed by atoms with Gasteiger partial charge in [-0.25, -0.2) is 22.9 Å². The van der Waals surface area contributed by atoms with Crippen molar-refractivity contribution in [2.75, 3.05) is 16.2 Å². The van der Waals surface area contributed by atoms with Gasteiger partial charge < -0.3 is 4.74 Å². The fraction of sp³-hybridized carbons (Fsp3) is 0.200. The summed E-state index contributed by atoms with van der Waals surface area (Å²) in [5.41, 5.74) is 1.67. The third-order valence-electron chi connectivity index (χ3n) is 5.20. The first-order chi connectivity index (χ1) is 15.3. The Hall–Kier alpha value is -3.93. The molecule has 0 radical (unpaired) electrons. The lowest BCUT2D eigenvalue weighted by Crippen LogP contribution is -2.31. The molecule has 11 nitrogen and oxygen atoms in total.